The molecule has 0 spiro atoms. The Balaban J connectivity index is 1.57. The minimum atomic E-state index is -0.479. The van der Waals surface area contributed by atoms with Gasteiger partial charge in [0.15, 0.2) is 5.82 Å². The van der Waals surface area contributed by atoms with Crippen LogP contribution in [0, 0.1) is 0 Å². The van der Waals surface area contributed by atoms with Crippen LogP contribution in [0.15, 0.2) is 23.4 Å². The second-order valence-corrected chi connectivity index (χ2v) is 7.88. The highest BCUT2D eigenvalue weighted by Gasteiger charge is 2.19. The summed E-state index contributed by atoms with van der Waals surface area (Å²) in [4.78, 5) is 23.8. The van der Waals surface area contributed by atoms with Gasteiger partial charge in [-0.2, -0.15) is 0 Å². The zero-order chi connectivity index (χ0) is 19.4. The molecule has 144 valence electrons. The van der Waals surface area contributed by atoms with Crippen LogP contribution in [-0.2, 0) is 4.79 Å². The second kappa shape index (κ2) is 8.81. The average molecular weight is 429 g/mol. The third-order valence-corrected chi connectivity index (χ3v) is 5.62. The number of imide groups is 1. The summed E-state index contributed by atoms with van der Waals surface area (Å²) in [5.74, 6) is 5.86. The molecule has 1 aromatic heterocycles. The number of urea groups is 1. The van der Waals surface area contributed by atoms with E-state index >= 15 is 0 Å². The lowest BCUT2D eigenvalue weighted by atomic mass is 10.2. The first-order valence-corrected chi connectivity index (χ1v) is 10.1. The number of nitrogens with two attached hydrogens (primary N) is 1. The maximum absolute atomic E-state index is 12.0. The predicted octanol–water partition coefficient (Wildman–Crippen LogP) is 2.83. The topological polar surface area (TPSA) is 115 Å². The fourth-order valence-corrected chi connectivity index (χ4v) is 3.84. The van der Waals surface area contributed by atoms with Gasteiger partial charge in [0.2, 0.25) is 11.1 Å². The lowest BCUT2D eigenvalue weighted by molar-refractivity contribution is -0.117. The molecule has 1 aliphatic carbocycles. The van der Waals surface area contributed by atoms with Crippen LogP contribution >= 0.6 is 35.0 Å². The van der Waals surface area contributed by atoms with E-state index in [0.29, 0.717) is 26.6 Å². The Morgan fingerprint density at radius 2 is 2.00 bits per heavy atom. The summed E-state index contributed by atoms with van der Waals surface area (Å²) in [5, 5.41) is 14.3. The molecule has 11 heteroatoms. The highest BCUT2D eigenvalue weighted by molar-refractivity contribution is 7.99. The summed E-state index contributed by atoms with van der Waals surface area (Å²) >= 11 is 13.2. The summed E-state index contributed by atoms with van der Waals surface area (Å²) in [6, 6.07) is 4.58. The van der Waals surface area contributed by atoms with Crippen molar-refractivity contribution in [1.82, 2.24) is 25.5 Å². The van der Waals surface area contributed by atoms with Crippen LogP contribution in [0.3, 0.4) is 0 Å². The summed E-state index contributed by atoms with van der Waals surface area (Å²) in [7, 11) is 0. The van der Waals surface area contributed by atoms with Crippen molar-refractivity contribution in [2.24, 2.45) is 0 Å². The molecule has 0 aliphatic heterocycles. The van der Waals surface area contributed by atoms with E-state index in [1.165, 1.54) is 4.68 Å². The number of benzene rings is 1. The fourth-order valence-electron chi connectivity index (χ4n) is 2.81. The fraction of sp³-hybridized carbons (Fsp3) is 0.375. The molecule has 4 N–H and O–H groups in total. The average Bonchev–Trinajstić information content (AvgIpc) is 3.25. The van der Waals surface area contributed by atoms with Crippen molar-refractivity contribution in [1.29, 1.82) is 0 Å². The van der Waals surface area contributed by atoms with Crippen molar-refractivity contribution in [2.45, 2.75) is 36.9 Å². The van der Waals surface area contributed by atoms with Crippen LogP contribution in [0.1, 0.15) is 25.7 Å². The maximum atomic E-state index is 12.0. The number of nitrogen functional groups attached to an aromatic ring is 1. The number of thioether (sulfide) groups is 1. The molecule has 3 amide bonds. The molecule has 27 heavy (non-hydrogen) atoms. The molecule has 1 aliphatic rings. The highest BCUT2D eigenvalue weighted by Crippen LogP contribution is 2.30. The van der Waals surface area contributed by atoms with Crippen LogP contribution in [0.4, 0.5) is 4.79 Å². The number of carbonyl (C=O) groups excluding carboxylic acids is 2. The van der Waals surface area contributed by atoms with E-state index in [-0.39, 0.29) is 11.8 Å². The van der Waals surface area contributed by atoms with Crippen molar-refractivity contribution < 1.29 is 9.59 Å². The molecule has 8 nitrogen and oxygen atoms in total. The third-order valence-electron chi connectivity index (χ3n) is 4.11. The smallest absolute Gasteiger partial charge is 0.321 e. The zero-order valence-electron chi connectivity index (χ0n) is 14.2. The van der Waals surface area contributed by atoms with Gasteiger partial charge in [0.25, 0.3) is 0 Å². The Kier molecular flexibility index (Phi) is 6.46. The van der Waals surface area contributed by atoms with Crippen LogP contribution < -0.4 is 16.5 Å². The molecule has 0 bridgehead atoms. The van der Waals surface area contributed by atoms with E-state index in [1.54, 1.807) is 18.2 Å². The molecule has 0 atom stereocenters. The van der Waals surface area contributed by atoms with Crippen LogP contribution in [0.2, 0.25) is 10.0 Å². The zero-order valence-corrected chi connectivity index (χ0v) is 16.6. The summed E-state index contributed by atoms with van der Waals surface area (Å²) < 4.78 is 1.23. The Bertz CT molecular complexity index is 853. The van der Waals surface area contributed by atoms with Gasteiger partial charge in [-0.3, -0.25) is 10.1 Å². The Morgan fingerprint density at radius 3 is 2.74 bits per heavy atom. The first kappa shape index (κ1) is 19.8. The Labute approximate surface area is 170 Å². The monoisotopic (exact) mass is 428 g/mol. The molecule has 1 saturated carbocycles. The van der Waals surface area contributed by atoms with Crippen molar-refractivity contribution in [3.8, 4) is 11.4 Å². The number of hydrogen-bond donors (Lipinski definition) is 3. The molecule has 1 aromatic carbocycles. The number of nitrogens with zero attached hydrogens (tertiary/aromatic N) is 3. The van der Waals surface area contributed by atoms with Crippen molar-refractivity contribution in [3.63, 3.8) is 0 Å². The number of amides is 3. The van der Waals surface area contributed by atoms with Crippen LogP contribution in [-0.4, -0.2) is 38.6 Å². The number of rotatable bonds is 5. The van der Waals surface area contributed by atoms with Gasteiger partial charge in [0, 0.05) is 16.6 Å². The largest absolute Gasteiger partial charge is 0.335 e. The minimum Gasteiger partial charge on any atom is -0.335 e. The number of halogens is 2. The lowest BCUT2D eigenvalue weighted by Gasteiger charge is -2.12. The molecule has 1 fully saturated rings. The van der Waals surface area contributed by atoms with E-state index in [1.807, 2.05) is 0 Å². The maximum Gasteiger partial charge on any atom is 0.321 e. The summed E-state index contributed by atoms with van der Waals surface area (Å²) in [6.07, 6.45) is 4.09. The third kappa shape index (κ3) is 5.06. The molecule has 2 aromatic rings. The first-order chi connectivity index (χ1) is 12.9. The SMILES string of the molecule is Nn1c(SCC(=O)NC(=O)NC2CCCC2)nnc1-c1cc(Cl)ccc1Cl. The van der Waals surface area contributed by atoms with Gasteiger partial charge in [0.1, 0.15) is 0 Å². The quantitative estimate of drug-likeness (QED) is 0.498. The van der Waals surface area contributed by atoms with Gasteiger partial charge in [-0.15, -0.1) is 10.2 Å². The van der Waals surface area contributed by atoms with Gasteiger partial charge >= 0.3 is 6.03 Å². The number of nitrogens with one attached hydrogen (secondary N) is 2. The summed E-state index contributed by atoms with van der Waals surface area (Å²) in [6.45, 7) is 0. The van der Waals surface area contributed by atoms with E-state index in [9.17, 15) is 9.59 Å². The molecular weight excluding hydrogens is 411 g/mol. The van der Waals surface area contributed by atoms with E-state index in [4.69, 9.17) is 29.0 Å². The first-order valence-electron chi connectivity index (χ1n) is 8.33. The van der Waals surface area contributed by atoms with Gasteiger partial charge in [-0.25, -0.2) is 9.47 Å². The predicted molar refractivity (Wildman–Crippen MR) is 105 cm³/mol. The number of hydrogen-bond acceptors (Lipinski definition) is 6. The van der Waals surface area contributed by atoms with Crippen molar-refractivity contribution >= 4 is 46.9 Å². The van der Waals surface area contributed by atoms with Gasteiger partial charge < -0.3 is 11.2 Å². The second-order valence-electron chi connectivity index (χ2n) is 6.09. The van der Waals surface area contributed by atoms with Crippen molar-refractivity contribution in [2.75, 3.05) is 11.6 Å². The standard InChI is InChI=1S/C16H18Cl2N6O2S/c17-9-5-6-12(18)11(7-9)14-22-23-16(24(14)19)27-8-13(25)21-15(26)20-10-3-1-2-4-10/h5-7,10H,1-4,8,19H2,(H2,20,21,25,26). The van der Waals surface area contributed by atoms with Crippen LogP contribution in [0.25, 0.3) is 11.4 Å². The molecular formula is C16H18Cl2N6O2S. The molecule has 1 heterocycles. The molecule has 0 saturated heterocycles. The van der Waals surface area contributed by atoms with Gasteiger partial charge in [0.05, 0.1) is 10.8 Å². The van der Waals surface area contributed by atoms with E-state index < -0.39 is 11.9 Å². The summed E-state index contributed by atoms with van der Waals surface area (Å²) in [5.41, 5.74) is 0.534. The van der Waals surface area contributed by atoms with Gasteiger partial charge in [-0.1, -0.05) is 47.8 Å². The van der Waals surface area contributed by atoms with Crippen LogP contribution in [0.5, 0.6) is 0 Å². The molecule has 0 radical (unpaired) electrons. The highest BCUT2D eigenvalue weighted by atomic mass is 35.5. The Hall–Kier alpha value is -1.97. The molecule has 3 rings (SSSR count). The van der Waals surface area contributed by atoms with Gasteiger partial charge in [-0.05, 0) is 31.0 Å². The molecule has 0 unspecified atom stereocenters. The number of aromatic nitrogens is 3. The van der Waals surface area contributed by atoms with E-state index in [0.717, 1.165) is 37.4 Å². The van der Waals surface area contributed by atoms with Crippen molar-refractivity contribution in [3.05, 3.63) is 28.2 Å². The lowest BCUT2D eigenvalue weighted by Crippen LogP contribution is -2.44. The normalized spacial score (nSPS) is 14.3. The number of carbonyl (C=O) groups is 2. The Morgan fingerprint density at radius 1 is 1.26 bits per heavy atom. The van der Waals surface area contributed by atoms with E-state index in [2.05, 4.69) is 20.8 Å². The minimum absolute atomic E-state index is 0.0311.